The minimum absolute atomic E-state index is 0.235. The molecule has 1 heterocycles. The molecule has 3 N–H and O–H groups in total. The Morgan fingerprint density at radius 3 is 2.50 bits per heavy atom. The zero-order valence-electron chi connectivity index (χ0n) is 11.8. The summed E-state index contributed by atoms with van der Waals surface area (Å²) in [4.78, 5) is 13.0. The lowest BCUT2D eigenvalue weighted by Gasteiger charge is -2.35. The van der Waals surface area contributed by atoms with Gasteiger partial charge in [-0.3, -0.25) is 9.69 Å². The van der Waals surface area contributed by atoms with Crippen molar-refractivity contribution < 1.29 is 9.53 Å². The van der Waals surface area contributed by atoms with Gasteiger partial charge < -0.3 is 15.8 Å². The molecule has 0 bridgehead atoms. The highest BCUT2D eigenvalue weighted by Gasteiger charge is 2.23. The summed E-state index contributed by atoms with van der Waals surface area (Å²) < 4.78 is 5.25. The van der Waals surface area contributed by atoms with E-state index in [2.05, 4.69) is 24.1 Å². The van der Waals surface area contributed by atoms with Crippen LogP contribution in [0.3, 0.4) is 0 Å². The van der Waals surface area contributed by atoms with Crippen LogP contribution in [-0.4, -0.2) is 56.2 Å². The number of ether oxygens (including phenoxy) is 1. The first-order chi connectivity index (χ1) is 8.52. The number of nitrogens with zero attached hydrogens (tertiary/aromatic N) is 1. The lowest BCUT2D eigenvalue weighted by Crippen LogP contribution is -2.50. The van der Waals surface area contributed by atoms with E-state index in [1.54, 1.807) is 7.11 Å². The Kier molecular flexibility index (Phi) is 6.60. The van der Waals surface area contributed by atoms with Crippen LogP contribution in [0.1, 0.15) is 26.7 Å². The first-order valence-corrected chi connectivity index (χ1v) is 6.78. The molecule has 0 radical (unpaired) electrons. The van der Waals surface area contributed by atoms with Crippen molar-refractivity contribution in [1.29, 1.82) is 0 Å². The maximum absolute atomic E-state index is 10.8. The molecule has 0 aliphatic carbocycles. The van der Waals surface area contributed by atoms with Crippen molar-refractivity contribution in [3.8, 4) is 0 Å². The highest BCUT2D eigenvalue weighted by molar-refractivity contribution is 5.75. The number of nitrogens with two attached hydrogens (primary N) is 1. The molecular weight excluding hydrogens is 230 g/mol. The molecule has 1 fully saturated rings. The third kappa shape index (κ3) is 5.33. The average molecular weight is 257 g/mol. The average Bonchev–Trinajstić information content (AvgIpc) is 2.30. The third-order valence-corrected chi connectivity index (χ3v) is 3.57. The standard InChI is InChI=1S/C13H27N3O2/c1-10(2)12(9-18-3)15-11-4-6-16(7-5-11)8-13(14)17/h10-12,15H,4-9H2,1-3H3,(H2,14,17). The van der Waals surface area contributed by atoms with Crippen LogP contribution in [0.2, 0.25) is 0 Å². The Labute approximate surface area is 110 Å². The molecule has 0 saturated carbocycles. The highest BCUT2D eigenvalue weighted by atomic mass is 16.5. The number of hydrogen-bond donors (Lipinski definition) is 2. The van der Waals surface area contributed by atoms with E-state index in [1.165, 1.54) is 0 Å². The first kappa shape index (κ1) is 15.4. The van der Waals surface area contributed by atoms with Crippen molar-refractivity contribution in [3.63, 3.8) is 0 Å². The molecule has 1 aliphatic rings. The van der Waals surface area contributed by atoms with E-state index < -0.39 is 0 Å². The molecule has 1 rings (SSSR count). The van der Waals surface area contributed by atoms with Crippen LogP contribution in [0.5, 0.6) is 0 Å². The molecular formula is C13H27N3O2. The number of carbonyl (C=O) groups is 1. The van der Waals surface area contributed by atoms with E-state index in [0.29, 0.717) is 24.5 Å². The van der Waals surface area contributed by atoms with E-state index in [4.69, 9.17) is 10.5 Å². The lowest BCUT2D eigenvalue weighted by molar-refractivity contribution is -0.119. The molecule has 1 amide bonds. The number of nitrogens with one attached hydrogen (secondary N) is 1. The van der Waals surface area contributed by atoms with Gasteiger partial charge in [0, 0.05) is 32.3 Å². The Bertz CT molecular complexity index is 251. The number of likely N-dealkylation sites (tertiary alicyclic amines) is 1. The van der Waals surface area contributed by atoms with E-state index in [1.807, 2.05) is 0 Å². The van der Waals surface area contributed by atoms with Crippen LogP contribution >= 0.6 is 0 Å². The smallest absolute Gasteiger partial charge is 0.231 e. The fourth-order valence-corrected chi connectivity index (χ4v) is 2.39. The van der Waals surface area contributed by atoms with Crippen molar-refractivity contribution >= 4 is 5.91 Å². The quantitative estimate of drug-likeness (QED) is 0.683. The fourth-order valence-electron chi connectivity index (χ4n) is 2.39. The van der Waals surface area contributed by atoms with Gasteiger partial charge in [0.2, 0.25) is 5.91 Å². The summed E-state index contributed by atoms with van der Waals surface area (Å²) in [6.07, 6.45) is 2.14. The molecule has 0 aromatic heterocycles. The number of hydrogen-bond acceptors (Lipinski definition) is 4. The van der Waals surface area contributed by atoms with Gasteiger partial charge in [0.15, 0.2) is 0 Å². The molecule has 1 atom stereocenters. The number of rotatable bonds is 7. The second kappa shape index (κ2) is 7.71. The van der Waals surface area contributed by atoms with Crippen LogP contribution in [0, 0.1) is 5.92 Å². The summed E-state index contributed by atoms with van der Waals surface area (Å²) in [6.45, 7) is 7.44. The van der Waals surface area contributed by atoms with Crippen molar-refractivity contribution in [1.82, 2.24) is 10.2 Å². The van der Waals surface area contributed by atoms with E-state index in [-0.39, 0.29) is 5.91 Å². The lowest BCUT2D eigenvalue weighted by atomic mass is 9.99. The Morgan fingerprint density at radius 2 is 2.06 bits per heavy atom. The minimum atomic E-state index is -0.235. The van der Waals surface area contributed by atoms with Crippen LogP contribution in [-0.2, 0) is 9.53 Å². The predicted molar refractivity (Wildman–Crippen MR) is 72.3 cm³/mol. The number of piperidine rings is 1. The van der Waals surface area contributed by atoms with Crippen molar-refractivity contribution in [2.45, 2.75) is 38.8 Å². The van der Waals surface area contributed by atoms with E-state index >= 15 is 0 Å². The van der Waals surface area contributed by atoms with Gasteiger partial charge in [0.1, 0.15) is 0 Å². The summed E-state index contributed by atoms with van der Waals surface area (Å²) in [5, 5.41) is 3.66. The first-order valence-electron chi connectivity index (χ1n) is 6.78. The second-order valence-electron chi connectivity index (χ2n) is 5.49. The number of carbonyl (C=O) groups excluding carboxylic acids is 1. The minimum Gasteiger partial charge on any atom is -0.383 e. The molecule has 5 heteroatoms. The molecule has 106 valence electrons. The van der Waals surface area contributed by atoms with Gasteiger partial charge in [-0.1, -0.05) is 13.8 Å². The molecule has 5 nitrogen and oxygen atoms in total. The normalized spacial score (nSPS) is 20.2. The van der Waals surface area contributed by atoms with Gasteiger partial charge in [-0.25, -0.2) is 0 Å². The van der Waals surface area contributed by atoms with Crippen LogP contribution < -0.4 is 11.1 Å². The van der Waals surface area contributed by atoms with Gasteiger partial charge in [0.05, 0.1) is 13.2 Å². The van der Waals surface area contributed by atoms with Crippen LogP contribution in [0.4, 0.5) is 0 Å². The molecule has 0 spiro atoms. The Hall–Kier alpha value is -0.650. The molecule has 1 unspecified atom stereocenters. The van der Waals surface area contributed by atoms with Gasteiger partial charge in [-0.2, -0.15) is 0 Å². The molecule has 1 aliphatic heterocycles. The van der Waals surface area contributed by atoms with Crippen molar-refractivity contribution in [3.05, 3.63) is 0 Å². The summed E-state index contributed by atoms with van der Waals surface area (Å²) in [7, 11) is 1.74. The van der Waals surface area contributed by atoms with Gasteiger partial charge in [-0.05, 0) is 18.8 Å². The number of methoxy groups -OCH3 is 1. The SMILES string of the molecule is COCC(NC1CCN(CC(N)=O)CC1)C(C)C. The van der Waals surface area contributed by atoms with Crippen LogP contribution in [0.15, 0.2) is 0 Å². The van der Waals surface area contributed by atoms with Gasteiger partial charge in [-0.15, -0.1) is 0 Å². The topological polar surface area (TPSA) is 67.6 Å². The fraction of sp³-hybridized carbons (Fsp3) is 0.923. The number of primary amides is 1. The van der Waals surface area contributed by atoms with Crippen molar-refractivity contribution in [2.24, 2.45) is 11.7 Å². The Morgan fingerprint density at radius 1 is 1.44 bits per heavy atom. The maximum atomic E-state index is 10.8. The zero-order valence-corrected chi connectivity index (χ0v) is 11.8. The molecule has 1 saturated heterocycles. The summed E-state index contributed by atoms with van der Waals surface area (Å²) in [5.41, 5.74) is 5.21. The monoisotopic (exact) mass is 257 g/mol. The number of amides is 1. The highest BCUT2D eigenvalue weighted by Crippen LogP contribution is 2.13. The molecule has 18 heavy (non-hydrogen) atoms. The van der Waals surface area contributed by atoms with Gasteiger partial charge in [0.25, 0.3) is 0 Å². The van der Waals surface area contributed by atoms with Crippen LogP contribution in [0.25, 0.3) is 0 Å². The molecule has 0 aromatic carbocycles. The van der Waals surface area contributed by atoms with E-state index in [0.717, 1.165) is 32.5 Å². The summed E-state index contributed by atoms with van der Waals surface area (Å²) in [5.74, 6) is 0.328. The summed E-state index contributed by atoms with van der Waals surface area (Å²) in [6, 6.07) is 0.930. The zero-order chi connectivity index (χ0) is 13.5. The predicted octanol–water partition coefficient (Wildman–Crippen LogP) is 0.197. The third-order valence-electron chi connectivity index (χ3n) is 3.57. The van der Waals surface area contributed by atoms with Gasteiger partial charge >= 0.3 is 0 Å². The van der Waals surface area contributed by atoms with Crippen molar-refractivity contribution in [2.75, 3.05) is 33.4 Å². The maximum Gasteiger partial charge on any atom is 0.231 e. The van der Waals surface area contributed by atoms with E-state index in [9.17, 15) is 4.79 Å². The Balaban J connectivity index is 2.31. The largest absolute Gasteiger partial charge is 0.383 e. The second-order valence-corrected chi connectivity index (χ2v) is 5.49. The molecule has 0 aromatic rings. The summed E-state index contributed by atoms with van der Waals surface area (Å²) >= 11 is 0.